The average molecular weight is 260 g/mol. The summed E-state index contributed by atoms with van der Waals surface area (Å²) in [7, 11) is 0. The van der Waals surface area contributed by atoms with Crippen molar-refractivity contribution in [3.05, 3.63) is 5.38 Å². The highest BCUT2D eigenvalue weighted by Crippen LogP contribution is 2.20. The number of anilines is 2. The first-order valence-corrected chi connectivity index (χ1v) is 5.49. The van der Waals surface area contributed by atoms with Gasteiger partial charge in [0.05, 0.1) is 0 Å². The molecule has 0 aliphatic rings. The molecule has 0 saturated heterocycles. The van der Waals surface area contributed by atoms with Crippen molar-refractivity contribution in [2.45, 2.75) is 12.5 Å². The monoisotopic (exact) mass is 260 g/mol. The number of nitrogen functional groups attached to an aromatic ring is 1. The highest BCUT2D eigenvalue weighted by atomic mass is 32.1. The van der Waals surface area contributed by atoms with Crippen molar-refractivity contribution in [1.29, 1.82) is 0 Å². The topological polar surface area (TPSA) is 143 Å². The summed E-state index contributed by atoms with van der Waals surface area (Å²) in [5, 5.41) is 19.3. The molecule has 1 unspecified atom stereocenters. The highest BCUT2D eigenvalue weighted by Gasteiger charge is 2.20. The molecule has 1 aromatic heterocycles. The van der Waals surface area contributed by atoms with Crippen molar-refractivity contribution >= 4 is 34.3 Å². The number of carboxylic acid groups (broad SMARTS) is 2. The van der Waals surface area contributed by atoms with Crippen LogP contribution in [0.4, 0.5) is 15.7 Å². The van der Waals surface area contributed by atoms with Crippen LogP contribution in [0.25, 0.3) is 0 Å². The number of aromatic nitrogens is 1. The minimum Gasteiger partial charge on any atom is -0.480 e. The lowest BCUT2D eigenvalue weighted by molar-refractivity contribution is -0.138. The molecule has 0 radical (unpaired) electrons. The summed E-state index contributed by atoms with van der Waals surface area (Å²) in [5.41, 5.74) is 10.7. The molecule has 1 atom stereocenters. The first-order chi connectivity index (χ1) is 7.91. The number of carbonyl (C=O) groups is 2. The number of aliphatic carboxylic acids is 1. The minimum atomic E-state index is -1.23. The predicted octanol–water partition coefficient (Wildman–Crippen LogP) is 0.0117. The number of nitrogens with zero attached hydrogens (tertiary/aromatic N) is 2. The van der Waals surface area contributed by atoms with Crippen molar-refractivity contribution in [1.82, 2.24) is 4.98 Å². The molecular weight excluding hydrogens is 248 g/mol. The van der Waals surface area contributed by atoms with Gasteiger partial charge < -0.3 is 21.7 Å². The minimum absolute atomic E-state index is 0.000928. The summed E-state index contributed by atoms with van der Waals surface area (Å²) in [6.07, 6.45) is -1.23. The Bertz CT molecular complexity index is 421. The smallest absolute Gasteiger partial charge is 0.413 e. The van der Waals surface area contributed by atoms with Crippen LogP contribution in [0.15, 0.2) is 5.38 Å². The second-order valence-electron chi connectivity index (χ2n) is 3.21. The van der Waals surface area contributed by atoms with Gasteiger partial charge in [0.25, 0.3) is 0 Å². The van der Waals surface area contributed by atoms with Crippen molar-refractivity contribution in [2.24, 2.45) is 5.73 Å². The van der Waals surface area contributed by atoms with Crippen LogP contribution in [0.3, 0.4) is 0 Å². The van der Waals surface area contributed by atoms with E-state index in [1.54, 1.807) is 0 Å². The van der Waals surface area contributed by atoms with Gasteiger partial charge in [-0.25, -0.2) is 9.78 Å². The lowest BCUT2D eigenvalue weighted by Gasteiger charge is -2.17. The molecule has 0 aromatic carbocycles. The number of hydrogen-bond donors (Lipinski definition) is 4. The van der Waals surface area contributed by atoms with Crippen LogP contribution < -0.4 is 16.4 Å². The molecule has 1 rings (SSSR count). The van der Waals surface area contributed by atoms with Crippen LogP contribution in [-0.2, 0) is 4.79 Å². The van der Waals surface area contributed by atoms with Crippen LogP contribution >= 0.6 is 11.3 Å². The van der Waals surface area contributed by atoms with Crippen LogP contribution in [0.5, 0.6) is 0 Å². The summed E-state index contributed by atoms with van der Waals surface area (Å²) < 4.78 is 0. The van der Waals surface area contributed by atoms with Gasteiger partial charge in [-0.15, -0.1) is 11.3 Å². The van der Waals surface area contributed by atoms with Gasteiger partial charge in [-0.2, -0.15) is 0 Å². The van der Waals surface area contributed by atoms with Crippen LogP contribution in [0.1, 0.15) is 6.42 Å². The number of thiazole rings is 1. The Balaban J connectivity index is 2.68. The summed E-state index contributed by atoms with van der Waals surface area (Å²) >= 11 is 1.10. The summed E-state index contributed by atoms with van der Waals surface area (Å²) in [6, 6.07) is -1.10. The second kappa shape index (κ2) is 5.46. The van der Waals surface area contributed by atoms with E-state index in [1.165, 1.54) is 5.38 Å². The van der Waals surface area contributed by atoms with E-state index < -0.39 is 18.1 Å². The van der Waals surface area contributed by atoms with E-state index in [-0.39, 0.29) is 23.9 Å². The zero-order valence-corrected chi connectivity index (χ0v) is 9.55. The molecular formula is C8H12N4O4S. The molecule has 1 aromatic rings. The SMILES string of the molecule is Nc1nc(N(CCC(N)C(=O)O)C(=O)O)cs1. The lowest BCUT2D eigenvalue weighted by atomic mass is 10.2. The molecule has 94 valence electrons. The van der Waals surface area contributed by atoms with Gasteiger partial charge in [0.1, 0.15) is 6.04 Å². The van der Waals surface area contributed by atoms with E-state index in [4.69, 9.17) is 21.7 Å². The molecule has 0 saturated carbocycles. The number of carboxylic acids is 1. The van der Waals surface area contributed by atoms with Gasteiger partial charge in [0.15, 0.2) is 10.9 Å². The highest BCUT2D eigenvalue weighted by molar-refractivity contribution is 7.13. The van der Waals surface area contributed by atoms with Crippen molar-refractivity contribution in [3.8, 4) is 0 Å². The van der Waals surface area contributed by atoms with Gasteiger partial charge >= 0.3 is 12.1 Å². The van der Waals surface area contributed by atoms with Crippen molar-refractivity contribution < 1.29 is 19.8 Å². The number of rotatable bonds is 5. The summed E-state index contributed by atoms with van der Waals surface area (Å²) in [4.78, 5) is 26.2. The maximum Gasteiger partial charge on any atom is 0.413 e. The molecule has 1 amide bonds. The van der Waals surface area contributed by atoms with Crippen molar-refractivity contribution in [2.75, 3.05) is 17.2 Å². The molecule has 17 heavy (non-hydrogen) atoms. The van der Waals surface area contributed by atoms with Gasteiger partial charge in [0.2, 0.25) is 0 Å². The van der Waals surface area contributed by atoms with E-state index in [9.17, 15) is 9.59 Å². The maximum atomic E-state index is 11.0. The average Bonchev–Trinajstić information content (AvgIpc) is 2.64. The summed E-state index contributed by atoms with van der Waals surface area (Å²) in [5.74, 6) is -0.995. The van der Waals surface area contributed by atoms with Gasteiger partial charge in [-0.05, 0) is 6.42 Å². The molecule has 8 nitrogen and oxygen atoms in total. The fraction of sp³-hybridized carbons (Fsp3) is 0.375. The van der Waals surface area contributed by atoms with Gasteiger partial charge in [0, 0.05) is 11.9 Å². The van der Waals surface area contributed by atoms with Crippen LogP contribution in [0, 0.1) is 0 Å². The van der Waals surface area contributed by atoms with Gasteiger partial charge in [-0.1, -0.05) is 0 Å². The van der Waals surface area contributed by atoms with Gasteiger partial charge in [-0.3, -0.25) is 9.69 Å². The predicted molar refractivity (Wildman–Crippen MR) is 62.1 cm³/mol. The van der Waals surface area contributed by atoms with E-state index in [1.807, 2.05) is 0 Å². The molecule has 9 heteroatoms. The maximum absolute atomic E-state index is 11.0. The third kappa shape index (κ3) is 3.57. The third-order valence-corrected chi connectivity index (χ3v) is 2.66. The molecule has 0 fully saturated rings. The molecule has 1 heterocycles. The summed E-state index contributed by atoms with van der Waals surface area (Å²) in [6.45, 7) is -0.0496. The fourth-order valence-corrected chi connectivity index (χ4v) is 1.65. The van der Waals surface area contributed by atoms with E-state index in [0.717, 1.165) is 16.2 Å². The zero-order chi connectivity index (χ0) is 13.0. The Morgan fingerprint density at radius 3 is 2.59 bits per heavy atom. The van der Waals surface area contributed by atoms with E-state index >= 15 is 0 Å². The molecule has 0 aliphatic heterocycles. The Kier molecular flexibility index (Phi) is 4.24. The molecule has 6 N–H and O–H groups in total. The lowest BCUT2D eigenvalue weighted by Crippen LogP contribution is -2.37. The Morgan fingerprint density at radius 2 is 2.18 bits per heavy atom. The Morgan fingerprint density at radius 1 is 1.53 bits per heavy atom. The van der Waals surface area contributed by atoms with Crippen molar-refractivity contribution in [3.63, 3.8) is 0 Å². The third-order valence-electron chi connectivity index (χ3n) is 2.00. The van der Waals surface area contributed by atoms with Crippen LogP contribution in [0.2, 0.25) is 0 Å². The second-order valence-corrected chi connectivity index (χ2v) is 4.10. The van der Waals surface area contributed by atoms with Crippen LogP contribution in [-0.4, -0.2) is 39.8 Å². The largest absolute Gasteiger partial charge is 0.480 e. The first kappa shape index (κ1) is 13.2. The Hall–Kier alpha value is -1.87. The number of amides is 1. The van der Waals surface area contributed by atoms with E-state index in [2.05, 4.69) is 4.98 Å². The standard InChI is InChI=1S/C8H12N4O4S/c9-4(6(13)14)1-2-12(8(15)16)5-3-17-7(10)11-5/h3-4H,1-2,9H2,(H2,10,11)(H,13,14)(H,15,16). The van der Waals surface area contributed by atoms with E-state index in [0.29, 0.717) is 0 Å². The quantitative estimate of drug-likeness (QED) is 0.584. The number of nitrogens with two attached hydrogens (primary N) is 2. The Labute approximate surface area is 100 Å². The number of hydrogen-bond acceptors (Lipinski definition) is 6. The molecule has 0 bridgehead atoms. The first-order valence-electron chi connectivity index (χ1n) is 4.61. The molecule has 0 aliphatic carbocycles. The zero-order valence-electron chi connectivity index (χ0n) is 8.74. The normalized spacial score (nSPS) is 12.1. The molecule has 0 spiro atoms. The fourth-order valence-electron chi connectivity index (χ4n) is 1.10.